The van der Waals surface area contributed by atoms with Crippen LogP contribution in [0.3, 0.4) is 0 Å². The molecule has 0 radical (unpaired) electrons. The lowest BCUT2D eigenvalue weighted by Crippen LogP contribution is -2.70. The monoisotopic (exact) mass is 388 g/mol. The van der Waals surface area contributed by atoms with E-state index in [2.05, 4.69) is 5.32 Å². The van der Waals surface area contributed by atoms with Crippen LogP contribution >= 0.6 is 0 Å². The molecular weight excluding hydrogens is 360 g/mol. The SMILES string of the molecule is Cc1cccc(N2C(=O)CC2(C=Cc2ccccc2)C(=O)NC2CCCCC2)c1. The number of nitrogens with zero attached hydrogens (tertiary/aromatic N) is 1. The van der Waals surface area contributed by atoms with Gasteiger partial charge in [-0.05, 0) is 49.1 Å². The van der Waals surface area contributed by atoms with Crippen molar-refractivity contribution in [2.75, 3.05) is 4.90 Å². The van der Waals surface area contributed by atoms with Crippen molar-refractivity contribution in [2.45, 2.75) is 57.0 Å². The van der Waals surface area contributed by atoms with E-state index in [1.165, 1.54) is 6.42 Å². The maximum Gasteiger partial charge on any atom is 0.251 e. The van der Waals surface area contributed by atoms with Gasteiger partial charge < -0.3 is 5.32 Å². The second kappa shape index (κ2) is 8.24. The molecule has 0 aromatic heterocycles. The molecule has 1 N–H and O–H groups in total. The van der Waals surface area contributed by atoms with Crippen LogP contribution in [0.1, 0.15) is 49.7 Å². The van der Waals surface area contributed by atoms with Gasteiger partial charge in [0, 0.05) is 11.7 Å². The first-order valence-corrected chi connectivity index (χ1v) is 10.5. The number of amides is 2. The Kier molecular flexibility index (Phi) is 5.52. The number of aryl methyl sites for hydroxylation is 1. The zero-order valence-corrected chi connectivity index (χ0v) is 16.9. The first-order chi connectivity index (χ1) is 14.1. The van der Waals surface area contributed by atoms with Gasteiger partial charge in [-0.25, -0.2) is 0 Å². The van der Waals surface area contributed by atoms with Gasteiger partial charge in [0.1, 0.15) is 0 Å². The van der Waals surface area contributed by atoms with E-state index in [4.69, 9.17) is 0 Å². The number of benzene rings is 2. The molecule has 4 nitrogen and oxygen atoms in total. The number of hydrogen-bond acceptors (Lipinski definition) is 2. The Morgan fingerprint density at radius 2 is 1.83 bits per heavy atom. The fraction of sp³-hybridized carbons (Fsp3) is 0.360. The van der Waals surface area contributed by atoms with Gasteiger partial charge in [0.2, 0.25) is 5.91 Å². The quantitative estimate of drug-likeness (QED) is 0.759. The molecule has 150 valence electrons. The van der Waals surface area contributed by atoms with Crippen LogP contribution in [0, 0.1) is 6.92 Å². The van der Waals surface area contributed by atoms with E-state index in [1.807, 2.05) is 73.7 Å². The molecule has 0 bridgehead atoms. The number of carbonyl (C=O) groups is 2. The summed E-state index contributed by atoms with van der Waals surface area (Å²) in [5, 5.41) is 3.25. The van der Waals surface area contributed by atoms with E-state index in [0.29, 0.717) is 0 Å². The van der Waals surface area contributed by atoms with Gasteiger partial charge >= 0.3 is 0 Å². The molecular formula is C25H28N2O2. The van der Waals surface area contributed by atoms with E-state index in [1.54, 1.807) is 4.90 Å². The van der Waals surface area contributed by atoms with E-state index in [9.17, 15) is 9.59 Å². The normalized spacial score (nSPS) is 22.5. The van der Waals surface area contributed by atoms with E-state index < -0.39 is 5.54 Å². The Morgan fingerprint density at radius 3 is 2.52 bits per heavy atom. The van der Waals surface area contributed by atoms with Crippen LogP contribution in [-0.2, 0) is 9.59 Å². The summed E-state index contributed by atoms with van der Waals surface area (Å²) in [7, 11) is 0. The molecule has 1 heterocycles. The summed E-state index contributed by atoms with van der Waals surface area (Å²) in [5.41, 5.74) is 1.88. The van der Waals surface area contributed by atoms with Crippen molar-refractivity contribution in [2.24, 2.45) is 0 Å². The molecule has 1 saturated carbocycles. The predicted molar refractivity (Wildman–Crippen MR) is 117 cm³/mol. The number of nitrogens with one attached hydrogen (secondary N) is 1. The van der Waals surface area contributed by atoms with Crippen molar-refractivity contribution in [1.82, 2.24) is 5.32 Å². The van der Waals surface area contributed by atoms with Crippen molar-refractivity contribution >= 4 is 23.6 Å². The first-order valence-electron chi connectivity index (χ1n) is 10.5. The summed E-state index contributed by atoms with van der Waals surface area (Å²) in [6.45, 7) is 2.00. The summed E-state index contributed by atoms with van der Waals surface area (Å²) in [6, 6.07) is 17.9. The third-order valence-corrected chi connectivity index (χ3v) is 6.01. The first kappa shape index (κ1) is 19.4. The fourth-order valence-electron chi connectivity index (χ4n) is 4.41. The maximum absolute atomic E-state index is 13.5. The molecule has 1 unspecified atom stereocenters. The average Bonchev–Trinajstić information content (AvgIpc) is 2.72. The van der Waals surface area contributed by atoms with Gasteiger partial charge in [0.05, 0.1) is 6.42 Å². The molecule has 2 aromatic rings. The minimum Gasteiger partial charge on any atom is -0.351 e. The molecule has 1 aliphatic carbocycles. The Morgan fingerprint density at radius 1 is 1.07 bits per heavy atom. The summed E-state index contributed by atoms with van der Waals surface area (Å²) in [5.74, 6) is -0.0928. The lowest BCUT2D eigenvalue weighted by atomic mass is 9.80. The van der Waals surface area contributed by atoms with Crippen LogP contribution in [0.4, 0.5) is 5.69 Å². The van der Waals surface area contributed by atoms with E-state index in [-0.39, 0.29) is 24.3 Å². The number of carbonyl (C=O) groups excluding carboxylic acids is 2. The average molecular weight is 389 g/mol. The Hall–Kier alpha value is -2.88. The lowest BCUT2D eigenvalue weighted by Gasteiger charge is -2.49. The highest BCUT2D eigenvalue weighted by Crippen LogP contribution is 2.39. The van der Waals surface area contributed by atoms with Gasteiger partial charge in [0.25, 0.3) is 5.91 Å². The largest absolute Gasteiger partial charge is 0.351 e. The van der Waals surface area contributed by atoms with Crippen molar-refractivity contribution < 1.29 is 9.59 Å². The Balaban J connectivity index is 1.67. The second-order valence-corrected chi connectivity index (χ2v) is 8.22. The van der Waals surface area contributed by atoms with Crippen LogP contribution in [0.2, 0.25) is 0 Å². The highest BCUT2D eigenvalue weighted by atomic mass is 16.2. The van der Waals surface area contributed by atoms with Gasteiger partial charge in [-0.2, -0.15) is 0 Å². The van der Waals surface area contributed by atoms with Crippen molar-refractivity contribution in [1.29, 1.82) is 0 Å². The van der Waals surface area contributed by atoms with Crippen LogP contribution in [0.5, 0.6) is 0 Å². The minimum absolute atomic E-state index is 0.0212. The third-order valence-electron chi connectivity index (χ3n) is 6.01. The molecule has 1 atom stereocenters. The fourth-order valence-corrected chi connectivity index (χ4v) is 4.41. The molecule has 2 fully saturated rings. The maximum atomic E-state index is 13.5. The molecule has 2 aliphatic rings. The second-order valence-electron chi connectivity index (χ2n) is 8.22. The topological polar surface area (TPSA) is 49.4 Å². The summed E-state index contributed by atoms with van der Waals surface area (Å²) < 4.78 is 0. The summed E-state index contributed by atoms with van der Waals surface area (Å²) in [4.78, 5) is 27.8. The molecule has 2 aromatic carbocycles. The van der Waals surface area contributed by atoms with Crippen LogP contribution in [0.25, 0.3) is 6.08 Å². The van der Waals surface area contributed by atoms with E-state index in [0.717, 1.165) is 42.5 Å². The standard InChI is InChI=1S/C25H28N2O2/c1-19-9-8-14-22(17-19)27-23(28)18-25(27,16-15-20-10-4-2-5-11-20)24(29)26-21-12-6-3-7-13-21/h2,4-5,8-11,14-17,21H,3,6-7,12-13,18H2,1H3,(H,26,29). The smallest absolute Gasteiger partial charge is 0.251 e. The highest BCUT2D eigenvalue weighted by Gasteiger charge is 2.55. The Bertz CT molecular complexity index is 915. The van der Waals surface area contributed by atoms with Gasteiger partial charge in [0.15, 0.2) is 5.54 Å². The molecule has 2 amide bonds. The molecule has 4 heteroatoms. The minimum atomic E-state index is -0.974. The molecule has 0 spiro atoms. The molecule has 29 heavy (non-hydrogen) atoms. The summed E-state index contributed by atoms with van der Waals surface area (Å²) >= 11 is 0. The molecule has 4 rings (SSSR count). The molecule has 1 aliphatic heterocycles. The van der Waals surface area contributed by atoms with Gasteiger partial charge in [-0.1, -0.05) is 67.8 Å². The summed E-state index contributed by atoms with van der Waals surface area (Å²) in [6.07, 6.45) is 9.63. The van der Waals surface area contributed by atoms with Crippen LogP contribution in [0.15, 0.2) is 60.7 Å². The zero-order chi connectivity index (χ0) is 20.3. The Labute approximate surface area is 172 Å². The number of hydrogen-bond donors (Lipinski definition) is 1. The van der Waals surface area contributed by atoms with Crippen LogP contribution in [-0.4, -0.2) is 23.4 Å². The van der Waals surface area contributed by atoms with Crippen molar-refractivity contribution in [3.63, 3.8) is 0 Å². The van der Waals surface area contributed by atoms with Crippen molar-refractivity contribution in [3.05, 3.63) is 71.8 Å². The predicted octanol–water partition coefficient (Wildman–Crippen LogP) is 4.63. The van der Waals surface area contributed by atoms with Gasteiger partial charge in [-0.3, -0.25) is 14.5 Å². The third kappa shape index (κ3) is 3.98. The lowest BCUT2D eigenvalue weighted by molar-refractivity contribution is -0.137. The number of rotatable bonds is 5. The van der Waals surface area contributed by atoms with Crippen LogP contribution < -0.4 is 10.2 Å². The number of anilines is 1. The van der Waals surface area contributed by atoms with Gasteiger partial charge in [-0.15, -0.1) is 0 Å². The number of β-lactam (4-membered cyclic amide) rings is 1. The highest BCUT2D eigenvalue weighted by molar-refractivity contribution is 6.15. The zero-order valence-electron chi connectivity index (χ0n) is 16.9. The molecule has 1 saturated heterocycles. The van der Waals surface area contributed by atoms with Crippen molar-refractivity contribution in [3.8, 4) is 0 Å². The van der Waals surface area contributed by atoms with E-state index >= 15 is 0 Å².